The topological polar surface area (TPSA) is 101 Å². The van der Waals surface area contributed by atoms with Gasteiger partial charge >= 0.3 is 5.97 Å². The lowest BCUT2D eigenvalue weighted by Gasteiger charge is -2.10. The quantitative estimate of drug-likeness (QED) is 0.148. The molecule has 65 heavy (non-hydrogen) atoms. The lowest BCUT2D eigenvalue weighted by molar-refractivity contribution is 0.0519. The van der Waals surface area contributed by atoms with Gasteiger partial charge in [0, 0.05) is 49.4 Å². The predicted octanol–water partition coefficient (Wildman–Crippen LogP) is 14.0. The summed E-state index contributed by atoms with van der Waals surface area (Å²) in [5.74, 6) is -0.522. The van der Waals surface area contributed by atoms with Gasteiger partial charge in [-0.15, -0.1) is 0 Å². The fraction of sp³-hybridized carbons (Fsp3) is 0.0357. The van der Waals surface area contributed by atoms with Crippen molar-refractivity contribution in [2.75, 3.05) is 6.61 Å². The van der Waals surface area contributed by atoms with Crippen LogP contribution in [0.5, 0.6) is 0 Å². The Kier molecular flexibility index (Phi) is 10.2. The number of benzene rings is 5. The first-order valence-electron chi connectivity index (χ1n) is 21.5. The van der Waals surface area contributed by atoms with Gasteiger partial charge in [-0.05, 0) is 102 Å². The zero-order valence-corrected chi connectivity index (χ0v) is 35.9. The molecule has 9 aromatic rings. The van der Waals surface area contributed by atoms with Crippen molar-refractivity contribution in [2.45, 2.75) is 6.92 Å². The van der Waals surface area contributed by atoms with Crippen LogP contribution in [0.25, 0.3) is 108 Å². The number of esters is 1. The standard InChI is InChI=1S/C56H39ClN6O2/c1-2-65-56(64)49-34-50(63(62-49)40-25-23-39(57)24-26-40)41-33-48-53(37-19-11-5-12-20-37)46-30-29-44(59-46)51(35-15-7-3-8-16-35)42-27-28-43(58-42)52(36-17-9-4-10-18-36)45-31-32-47(60-45)54(55(41)61-48)38-21-13-6-14-22-38/h3-34,58,61H,2H2,1H3. The number of nitrogens with zero attached hydrogens (tertiary/aromatic N) is 4. The smallest absolute Gasteiger partial charge is 0.358 e. The van der Waals surface area contributed by atoms with E-state index in [1.54, 1.807) is 17.7 Å². The third-order valence-corrected chi connectivity index (χ3v) is 11.9. The van der Waals surface area contributed by atoms with Crippen molar-refractivity contribution in [1.29, 1.82) is 0 Å². The molecule has 2 N–H and O–H groups in total. The van der Waals surface area contributed by atoms with E-state index in [4.69, 9.17) is 31.4 Å². The maximum atomic E-state index is 13.5. The van der Waals surface area contributed by atoms with E-state index in [0.29, 0.717) is 16.4 Å². The SMILES string of the molecule is CCOC(=O)c1cc(-c2cc3[nH]c2c(-c2ccccc2)c2nc(c(-c4ccccc4)c4ccc([nH]4)c(-c4ccccc4)c4nc(c3-c3ccccc3)C=C4)C=C2)n(-c2ccc(Cl)cc2)n1. The van der Waals surface area contributed by atoms with Crippen LogP contribution in [0.2, 0.25) is 5.02 Å². The molecule has 0 fully saturated rings. The molecule has 312 valence electrons. The number of ether oxygens (including phenoxy) is 1. The minimum absolute atomic E-state index is 0.171. The Balaban J connectivity index is 1.36. The minimum Gasteiger partial charge on any atom is -0.461 e. The second-order valence-electron chi connectivity index (χ2n) is 15.7. The molecule has 0 saturated heterocycles. The van der Waals surface area contributed by atoms with E-state index in [-0.39, 0.29) is 12.3 Å². The second kappa shape index (κ2) is 16.7. The second-order valence-corrected chi connectivity index (χ2v) is 16.1. The average molecular weight is 863 g/mol. The van der Waals surface area contributed by atoms with E-state index in [9.17, 15) is 4.79 Å². The first-order valence-corrected chi connectivity index (χ1v) is 21.8. The number of halogens is 1. The van der Waals surface area contributed by atoms with Crippen LogP contribution in [0.3, 0.4) is 0 Å². The van der Waals surface area contributed by atoms with Gasteiger partial charge in [0.15, 0.2) is 5.69 Å². The number of fused-ring (bicyclic) bond motifs is 8. The summed E-state index contributed by atoms with van der Waals surface area (Å²) in [6.45, 7) is 1.99. The van der Waals surface area contributed by atoms with Crippen molar-refractivity contribution in [3.63, 3.8) is 0 Å². The van der Waals surface area contributed by atoms with Crippen molar-refractivity contribution in [3.05, 3.63) is 203 Å². The highest BCUT2D eigenvalue weighted by molar-refractivity contribution is 6.30. The number of H-pyrrole nitrogens is 2. The van der Waals surface area contributed by atoms with Crippen LogP contribution >= 0.6 is 11.6 Å². The number of nitrogens with one attached hydrogen (secondary N) is 2. The van der Waals surface area contributed by atoms with Crippen LogP contribution in [0.15, 0.2) is 170 Å². The lowest BCUT2D eigenvalue weighted by Crippen LogP contribution is -2.06. The molecule has 6 heterocycles. The van der Waals surface area contributed by atoms with Gasteiger partial charge in [-0.1, -0.05) is 133 Å². The Morgan fingerprint density at radius 1 is 0.538 bits per heavy atom. The summed E-state index contributed by atoms with van der Waals surface area (Å²) in [5, 5.41) is 5.47. The van der Waals surface area contributed by atoms with Crippen LogP contribution in [0.1, 0.15) is 40.2 Å². The highest BCUT2D eigenvalue weighted by Crippen LogP contribution is 2.42. The van der Waals surface area contributed by atoms with Crippen LogP contribution in [-0.2, 0) is 4.74 Å². The summed E-state index contributed by atoms with van der Waals surface area (Å²) >= 11 is 6.42. The number of aromatic nitrogens is 6. The van der Waals surface area contributed by atoms with E-state index >= 15 is 0 Å². The van der Waals surface area contributed by atoms with Crippen molar-refractivity contribution in [3.8, 4) is 61.5 Å². The molecule has 0 spiro atoms. The van der Waals surface area contributed by atoms with Gasteiger partial charge in [0.1, 0.15) is 0 Å². The first-order chi connectivity index (χ1) is 32.0. The summed E-state index contributed by atoms with van der Waals surface area (Å²) < 4.78 is 7.30. The van der Waals surface area contributed by atoms with Crippen LogP contribution < -0.4 is 0 Å². The summed E-state index contributed by atoms with van der Waals surface area (Å²) in [6.07, 6.45) is 8.36. The van der Waals surface area contributed by atoms with Gasteiger partial charge in [-0.3, -0.25) is 0 Å². The largest absolute Gasteiger partial charge is 0.461 e. The fourth-order valence-electron chi connectivity index (χ4n) is 8.78. The molecule has 8 bridgehead atoms. The summed E-state index contributed by atoms with van der Waals surface area (Å²) in [6, 6.07) is 56.9. The molecule has 11 rings (SSSR count). The molecule has 2 aliphatic heterocycles. The normalized spacial score (nSPS) is 11.8. The molecule has 8 nitrogen and oxygen atoms in total. The maximum Gasteiger partial charge on any atom is 0.358 e. The zero-order valence-electron chi connectivity index (χ0n) is 35.2. The molecular formula is C56H39ClN6O2. The van der Waals surface area contributed by atoms with Crippen molar-refractivity contribution in [2.24, 2.45) is 0 Å². The number of rotatable bonds is 8. The molecule has 0 radical (unpaired) electrons. The summed E-state index contributed by atoms with van der Waals surface area (Å²) in [5.41, 5.74) is 16.5. The van der Waals surface area contributed by atoms with Gasteiger partial charge in [0.25, 0.3) is 0 Å². The lowest BCUT2D eigenvalue weighted by atomic mass is 10.0. The zero-order chi connectivity index (χ0) is 43.9. The first kappa shape index (κ1) is 39.5. The number of hydrogen-bond donors (Lipinski definition) is 2. The number of carbonyl (C=O) groups is 1. The monoisotopic (exact) mass is 862 g/mol. The third-order valence-electron chi connectivity index (χ3n) is 11.7. The minimum atomic E-state index is -0.522. The Hall–Kier alpha value is -8.33. The third kappa shape index (κ3) is 7.35. The maximum absolute atomic E-state index is 13.5. The van der Waals surface area contributed by atoms with Gasteiger partial charge < -0.3 is 14.7 Å². The van der Waals surface area contributed by atoms with Gasteiger partial charge in [-0.25, -0.2) is 19.4 Å². The van der Waals surface area contributed by atoms with E-state index in [1.165, 1.54) is 0 Å². The predicted molar refractivity (Wildman–Crippen MR) is 264 cm³/mol. The fourth-order valence-corrected chi connectivity index (χ4v) is 8.90. The van der Waals surface area contributed by atoms with E-state index in [1.807, 2.05) is 72.8 Å². The van der Waals surface area contributed by atoms with Crippen molar-refractivity contribution >= 4 is 63.9 Å². The van der Waals surface area contributed by atoms with Gasteiger partial charge in [-0.2, -0.15) is 5.10 Å². The van der Waals surface area contributed by atoms with Crippen LogP contribution in [0.4, 0.5) is 0 Å². The molecule has 0 unspecified atom stereocenters. The molecule has 9 heteroatoms. The molecule has 0 atom stereocenters. The molecule has 5 aromatic carbocycles. The molecule has 2 aliphatic rings. The molecule has 4 aromatic heterocycles. The summed E-state index contributed by atoms with van der Waals surface area (Å²) in [7, 11) is 0. The Labute approximate surface area is 379 Å². The van der Waals surface area contributed by atoms with Crippen LogP contribution in [-0.4, -0.2) is 42.3 Å². The van der Waals surface area contributed by atoms with Gasteiger partial charge in [0.2, 0.25) is 0 Å². The van der Waals surface area contributed by atoms with E-state index in [0.717, 1.165) is 94.9 Å². The van der Waals surface area contributed by atoms with Crippen molar-refractivity contribution in [1.82, 2.24) is 29.7 Å². The Morgan fingerprint density at radius 3 is 1.46 bits per heavy atom. The summed E-state index contributed by atoms with van der Waals surface area (Å²) in [4.78, 5) is 32.3. The van der Waals surface area contributed by atoms with E-state index < -0.39 is 5.97 Å². The van der Waals surface area contributed by atoms with Gasteiger partial charge in [0.05, 0.1) is 46.3 Å². The number of hydrogen-bond acceptors (Lipinski definition) is 5. The van der Waals surface area contributed by atoms with Crippen molar-refractivity contribution < 1.29 is 9.53 Å². The molecule has 0 aliphatic carbocycles. The number of carbonyl (C=O) groups excluding carboxylic acids is 1. The molecular weight excluding hydrogens is 824 g/mol. The molecule has 0 saturated carbocycles. The van der Waals surface area contributed by atoms with E-state index in [2.05, 4.69) is 125 Å². The Bertz CT molecular complexity index is 3500. The number of aromatic amines is 2. The Morgan fingerprint density at radius 2 is 0.985 bits per heavy atom. The molecule has 0 amide bonds. The highest BCUT2D eigenvalue weighted by Gasteiger charge is 2.25. The highest BCUT2D eigenvalue weighted by atomic mass is 35.5. The van der Waals surface area contributed by atoms with Crippen LogP contribution in [0, 0.1) is 0 Å². The average Bonchev–Trinajstić information content (AvgIpc) is 4.22.